The molecule has 0 fully saturated rings. The molecule has 2 aliphatic carbocycles. The van der Waals surface area contributed by atoms with Crippen LogP contribution >= 0.6 is 0 Å². The van der Waals surface area contributed by atoms with Crippen LogP contribution in [0.3, 0.4) is 0 Å². The van der Waals surface area contributed by atoms with Gasteiger partial charge in [0.1, 0.15) is 5.82 Å². The predicted octanol–water partition coefficient (Wildman–Crippen LogP) is 11.6. The lowest BCUT2D eigenvalue weighted by Gasteiger charge is -2.22. The minimum atomic E-state index is -1.19. The van der Waals surface area contributed by atoms with Gasteiger partial charge >= 0.3 is 0 Å². The maximum Gasteiger partial charge on any atom is 0.167 e. The largest absolute Gasteiger partial charge is 0.397 e. The van der Waals surface area contributed by atoms with E-state index in [0.29, 0.717) is 39.2 Å². The average molecular weight is 643 g/mol. The van der Waals surface area contributed by atoms with Crippen molar-refractivity contribution in [3.8, 4) is 44.6 Å². The highest BCUT2D eigenvalue weighted by atomic mass is 19.2. The summed E-state index contributed by atoms with van der Waals surface area (Å²) in [5, 5.41) is 1.78. The Hall–Kier alpha value is -6.16. The smallest absolute Gasteiger partial charge is 0.167 e. The molecule has 236 valence electrons. The Bertz CT molecular complexity index is 2580. The van der Waals surface area contributed by atoms with Crippen molar-refractivity contribution in [2.24, 2.45) is 5.73 Å². The molecular formula is C44H29F3N2. The average Bonchev–Trinajstić information content (AvgIpc) is 3.27. The van der Waals surface area contributed by atoms with E-state index < -0.39 is 17.5 Å². The van der Waals surface area contributed by atoms with Gasteiger partial charge in [-0.05, 0) is 82.8 Å². The summed E-state index contributed by atoms with van der Waals surface area (Å²) in [5.74, 6) is -3.07. The molecule has 2 nitrogen and oxygen atoms in total. The van der Waals surface area contributed by atoms with Crippen LogP contribution in [0.5, 0.6) is 0 Å². The van der Waals surface area contributed by atoms with Gasteiger partial charge in [-0.2, -0.15) is 0 Å². The quantitative estimate of drug-likeness (QED) is 0.115. The van der Waals surface area contributed by atoms with Crippen molar-refractivity contribution in [3.63, 3.8) is 0 Å². The summed E-state index contributed by atoms with van der Waals surface area (Å²) in [4.78, 5) is 4.93. The number of hydrogen-bond acceptors (Lipinski definition) is 2. The molecule has 5 heteroatoms. The van der Waals surface area contributed by atoms with Crippen molar-refractivity contribution >= 4 is 32.8 Å². The summed E-state index contributed by atoms with van der Waals surface area (Å²) in [5.41, 5.74) is 17.4. The molecule has 0 unspecified atom stereocenters. The summed E-state index contributed by atoms with van der Waals surface area (Å²) in [6, 6.07) is 25.1. The maximum atomic E-state index is 16.7. The molecule has 5 aromatic carbocycles. The molecule has 8 rings (SSSR count). The highest BCUT2D eigenvalue weighted by molar-refractivity contribution is 6.27. The van der Waals surface area contributed by atoms with Crippen LogP contribution in [-0.2, 0) is 0 Å². The third-order valence-electron chi connectivity index (χ3n) is 9.31. The Morgan fingerprint density at radius 2 is 1.43 bits per heavy atom. The van der Waals surface area contributed by atoms with Gasteiger partial charge in [-0.25, -0.2) is 18.2 Å². The Morgan fingerprint density at radius 3 is 2.24 bits per heavy atom. The van der Waals surface area contributed by atoms with Gasteiger partial charge in [-0.3, -0.25) is 0 Å². The van der Waals surface area contributed by atoms with Crippen LogP contribution in [0.2, 0.25) is 0 Å². The molecule has 1 aromatic heterocycles. The van der Waals surface area contributed by atoms with Gasteiger partial charge in [-0.15, -0.1) is 5.73 Å². The monoisotopic (exact) mass is 642 g/mol. The SMILES string of the molecule is C/C=C\C=C(/N)c1cccc(-c2ccc3c4c(cccc24)-c2c-3c(-c3ccccc3)c3c(F)c(F)c(C)c(F)c3c2C2=C=CC=CC=C2)n1. The van der Waals surface area contributed by atoms with Gasteiger partial charge in [0.15, 0.2) is 11.6 Å². The Morgan fingerprint density at radius 1 is 0.694 bits per heavy atom. The summed E-state index contributed by atoms with van der Waals surface area (Å²) in [7, 11) is 0. The second kappa shape index (κ2) is 11.8. The molecule has 49 heavy (non-hydrogen) atoms. The molecule has 0 radical (unpaired) electrons. The zero-order valence-corrected chi connectivity index (χ0v) is 26.8. The molecule has 6 aromatic rings. The van der Waals surface area contributed by atoms with Crippen molar-refractivity contribution in [3.05, 3.63) is 167 Å². The van der Waals surface area contributed by atoms with Crippen molar-refractivity contribution in [2.45, 2.75) is 13.8 Å². The van der Waals surface area contributed by atoms with E-state index in [0.717, 1.165) is 38.7 Å². The van der Waals surface area contributed by atoms with Crippen molar-refractivity contribution < 1.29 is 13.2 Å². The fourth-order valence-electron chi connectivity index (χ4n) is 7.14. The van der Waals surface area contributed by atoms with Crippen LogP contribution in [0, 0.1) is 24.4 Å². The number of pyridine rings is 1. The molecule has 0 saturated heterocycles. The second-order valence-electron chi connectivity index (χ2n) is 12.1. The summed E-state index contributed by atoms with van der Waals surface area (Å²) >= 11 is 0. The third kappa shape index (κ3) is 4.62. The first-order chi connectivity index (χ1) is 23.9. The Labute approximate surface area is 282 Å². The van der Waals surface area contributed by atoms with Crippen LogP contribution in [-0.4, -0.2) is 4.98 Å². The molecule has 0 spiro atoms. The van der Waals surface area contributed by atoms with Crippen molar-refractivity contribution in [1.82, 2.24) is 4.98 Å². The number of fused-ring (bicyclic) bond motifs is 4. The number of halogens is 3. The van der Waals surface area contributed by atoms with Crippen LogP contribution in [0.25, 0.3) is 77.5 Å². The van der Waals surface area contributed by atoms with Gasteiger partial charge in [0.25, 0.3) is 0 Å². The van der Waals surface area contributed by atoms with Crippen molar-refractivity contribution in [2.75, 3.05) is 0 Å². The summed E-state index contributed by atoms with van der Waals surface area (Å²) in [6.45, 7) is 3.21. The van der Waals surface area contributed by atoms with Crippen LogP contribution in [0.15, 0.2) is 133 Å². The zero-order chi connectivity index (χ0) is 33.8. The van der Waals surface area contributed by atoms with Crippen molar-refractivity contribution in [1.29, 1.82) is 0 Å². The lowest BCUT2D eigenvalue weighted by Crippen LogP contribution is -2.04. The molecule has 0 bridgehead atoms. The summed E-state index contributed by atoms with van der Waals surface area (Å²) < 4.78 is 48.8. The Balaban J connectivity index is 1.54. The van der Waals surface area contributed by atoms with E-state index in [1.54, 1.807) is 6.08 Å². The lowest BCUT2D eigenvalue weighted by molar-refractivity contribution is 0.497. The van der Waals surface area contributed by atoms with Gasteiger partial charge in [0, 0.05) is 38.6 Å². The van der Waals surface area contributed by atoms with Gasteiger partial charge < -0.3 is 5.73 Å². The number of benzene rings is 5. The van der Waals surface area contributed by atoms with E-state index in [4.69, 9.17) is 10.7 Å². The molecule has 0 amide bonds. The normalized spacial score (nSPS) is 13.5. The molecule has 2 aliphatic rings. The fourth-order valence-corrected chi connectivity index (χ4v) is 7.14. The van der Waals surface area contributed by atoms with E-state index in [9.17, 15) is 0 Å². The molecule has 0 atom stereocenters. The van der Waals surface area contributed by atoms with Gasteiger partial charge in [0.2, 0.25) is 0 Å². The van der Waals surface area contributed by atoms with E-state index >= 15 is 13.2 Å². The molecule has 2 N–H and O–H groups in total. The number of aromatic nitrogens is 1. The number of nitrogens with two attached hydrogens (primary N) is 1. The molecular weight excluding hydrogens is 613 g/mol. The standard InChI is InChI=1S/C44H29F3N2/c1-3-4-20-32(48)34-22-13-21-33(49-34)28-23-24-31-37-29(28)18-12-19-30(37)38-35(26-14-8-5-6-9-15-26)40-41(44(47)43(46)25(2)42(40)45)36(39(31)38)27-16-10-7-11-17-27/h3-14,16-24H,48H2,1-2H3/b4-3-,32-20-. The lowest BCUT2D eigenvalue weighted by atomic mass is 9.81. The number of rotatable bonds is 5. The predicted molar refractivity (Wildman–Crippen MR) is 196 cm³/mol. The molecule has 1 heterocycles. The molecule has 0 aliphatic heterocycles. The van der Waals surface area contributed by atoms with Crippen LogP contribution in [0.4, 0.5) is 13.2 Å². The van der Waals surface area contributed by atoms with E-state index in [1.165, 1.54) is 6.92 Å². The second-order valence-corrected chi connectivity index (χ2v) is 12.1. The fraction of sp³-hybridized carbons (Fsp3) is 0.0455. The van der Waals surface area contributed by atoms with E-state index in [2.05, 4.69) is 5.73 Å². The number of allylic oxidation sites excluding steroid dienone is 8. The zero-order valence-electron chi connectivity index (χ0n) is 26.8. The minimum Gasteiger partial charge on any atom is -0.397 e. The number of nitrogens with zero attached hydrogens (tertiary/aromatic N) is 1. The first kappa shape index (κ1) is 30.2. The minimum absolute atomic E-state index is 0.0271. The van der Waals surface area contributed by atoms with Gasteiger partial charge in [-0.1, -0.05) is 97.1 Å². The highest BCUT2D eigenvalue weighted by Crippen LogP contribution is 2.58. The van der Waals surface area contributed by atoms with Crippen LogP contribution in [0.1, 0.15) is 23.7 Å². The Kier molecular flexibility index (Phi) is 7.28. The van der Waals surface area contributed by atoms with E-state index in [1.807, 2.05) is 128 Å². The first-order valence-electron chi connectivity index (χ1n) is 16.1. The number of hydrogen-bond donors (Lipinski definition) is 1. The van der Waals surface area contributed by atoms with Gasteiger partial charge in [0.05, 0.1) is 17.1 Å². The maximum absolute atomic E-state index is 16.7. The molecule has 0 saturated carbocycles. The van der Waals surface area contributed by atoms with Crippen LogP contribution < -0.4 is 5.73 Å². The summed E-state index contributed by atoms with van der Waals surface area (Å²) in [6.07, 6.45) is 14.7. The topological polar surface area (TPSA) is 38.9 Å². The third-order valence-corrected chi connectivity index (χ3v) is 9.31. The van der Waals surface area contributed by atoms with E-state index in [-0.39, 0.29) is 16.3 Å². The highest BCUT2D eigenvalue weighted by Gasteiger charge is 2.35. The first-order valence-corrected chi connectivity index (χ1v) is 16.1.